The predicted molar refractivity (Wildman–Crippen MR) is 112 cm³/mol. The molecular weight excluding hydrogens is 439 g/mol. The van der Waals surface area contributed by atoms with Gasteiger partial charge in [0.1, 0.15) is 10.7 Å². The monoisotopic (exact) mass is 452 g/mol. The van der Waals surface area contributed by atoms with E-state index < -0.39 is 17.8 Å². The van der Waals surface area contributed by atoms with Gasteiger partial charge in [-0.25, -0.2) is 9.69 Å². The van der Waals surface area contributed by atoms with Crippen molar-refractivity contribution in [2.24, 2.45) is 0 Å². The number of carbonyl (C=O) groups excluding carboxylic acids is 3. The summed E-state index contributed by atoms with van der Waals surface area (Å²) >= 11 is 18.2. The summed E-state index contributed by atoms with van der Waals surface area (Å²) in [6, 6.07) is 10.8. The Bertz CT molecular complexity index is 1020. The van der Waals surface area contributed by atoms with Gasteiger partial charge in [-0.1, -0.05) is 47.8 Å². The molecule has 0 radical (unpaired) electrons. The van der Waals surface area contributed by atoms with Gasteiger partial charge in [0.15, 0.2) is 0 Å². The molecule has 9 heteroatoms. The zero-order valence-electron chi connectivity index (χ0n) is 15.2. The third kappa shape index (κ3) is 4.24. The molecule has 1 aliphatic rings. The van der Waals surface area contributed by atoms with Gasteiger partial charge in [-0.3, -0.25) is 9.59 Å². The molecular formula is C20H15Cl3N2O4. The highest BCUT2D eigenvalue weighted by atomic mass is 35.5. The molecule has 6 nitrogen and oxygen atoms in total. The largest absolute Gasteiger partial charge is 0.462 e. The van der Waals surface area contributed by atoms with Crippen molar-refractivity contribution in [3.8, 4) is 0 Å². The molecule has 1 aliphatic heterocycles. The lowest BCUT2D eigenvalue weighted by molar-refractivity contribution is -0.120. The standard InChI is InChI=1S/C20H15Cl3N2O4/c1-2-10-29-20(28)11-6-8-12(9-7-11)24-17-16(23)18(26)25(19(17)27)14-5-3-4-13(21)15(14)22/h3-9,24H,2,10H2,1H3. The lowest BCUT2D eigenvalue weighted by Crippen LogP contribution is -2.32. The van der Waals surface area contributed by atoms with Crippen LogP contribution < -0.4 is 10.2 Å². The van der Waals surface area contributed by atoms with E-state index in [1.807, 2.05) is 6.92 Å². The van der Waals surface area contributed by atoms with Crippen molar-refractivity contribution in [2.75, 3.05) is 16.8 Å². The number of ether oxygens (including phenoxy) is 1. The molecule has 29 heavy (non-hydrogen) atoms. The molecule has 3 rings (SSSR count). The van der Waals surface area contributed by atoms with Crippen molar-refractivity contribution < 1.29 is 19.1 Å². The highest BCUT2D eigenvalue weighted by Crippen LogP contribution is 2.37. The average Bonchev–Trinajstić information content (AvgIpc) is 2.92. The zero-order chi connectivity index (χ0) is 21.1. The number of amides is 2. The minimum atomic E-state index is -0.719. The third-order valence-corrected chi connectivity index (χ3v) is 5.19. The maximum absolute atomic E-state index is 12.8. The summed E-state index contributed by atoms with van der Waals surface area (Å²) in [5, 5.41) is 2.81. The molecule has 150 valence electrons. The van der Waals surface area contributed by atoms with Crippen molar-refractivity contribution >= 4 is 64.0 Å². The van der Waals surface area contributed by atoms with E-state index in [1.54, 1.807) is 36.4 Å². The lowest BCUT2D eigenvalue weighted by atomic mass is 10.2. The van der Waals surface area contributed by atoms with Crippen LogP contribution in [0.25, 0.3) is 0 Å². The number of carbonyl (C=O) groups is 3. The Kier molecular flexibility index (Phi) is 6.47. The van der Waals surface area contributed by atoms with Crippen LogP contribution in [0.2, 0.25) is 10.0 Å². The summed E-state index contributed by atoms with van der Waals surface area (Å²) in [6.45, 7) is 2.23. The maximum Gasteiger partial charge on any atom is 0.338 e. The van der Waals surface area contributed by atoms with E-state index in [4.69, 9.17) is 39.5 Å². The Balaban J connectivity index is 1.81. The zero-order valence-corrected chi connectivity index (χ0v) is 17.4. The molecule has 0 bridgehead atoms. The van der Waals surface area contributed by atoms with Crippen LogP contribution in [0.15, 0.2) is 53.2 Å². The fraction of sp³-hybridized carbons (Fsp3) is 0.150. The van der Waals surface area contributed by atoms with Gasteiger partial charge in [-0.15, -0.1) is 0 Å². The number of nitrogens with zero attached hydrogens (tertiary/aromatic N) is 1. The summed E-state index contributed by atoms with van der Waals surface area (Å²) < 4.78 is 5.06. The Morgan fingerprint density at radius 2 is 1.72 bits per heavy atom. The molecule has 0 saturated heterocycles. The molecule has 0 aliphatic carbocycles. The van der Waals surface area contributed by atoms with Crippen LogP contribution in [0.4, 0.5) is 11.4 Å². The number of rotatable bonds is 6. The third-order valence-electron chi connectivity index (χ3n) is 4.03. The van der Waals surface area contributed by atoms with Crippen LogP contribution in [-0.4, -0.2) is 24.4 Å². The van der Waals surface area contributed by atoms with Crippen molar-refractivity contribution in [3.63, 3.8) is 0 Å². The number of esters is 1. The van der Waals surface area contributed by atoms with E-state index in [0.29, 0.717) is 17.9 Å². The minimum absolute atomic E-state index is 0.0662. The first-order valence-corrected chi connectivity index (χ1v) is 9.75. The molecule has 0 aromatic heterocycles. The molecule has 0 spiro atoms. The topological polar surface area (TPSA) is 75.7 Å². The van der Waals surface area contributed by atoms with Gasteiger partial charge in [0.2, 0.25) is 0 Å². The minimum Gasteiger partial charge on any atom is -0.462 e. The lowest BCUT2D eigenvalue weighted by Gasteiger charge is -2.17. The second-order valence-electron chi connectivity index (χ2n) is 6.05. The predicted octanol–water partition coefficient (Wildman–Crippen LogP) is 5.00. The smallest absolute Gasteiger partial charge is 0.338 e. The first-order chi connectivity index (χ1) is 13.8. The van der Waals surface area contributed by atoms with E-state index >= 15 is 0 Å². The van der Waals surface area contributed by atoms with Crippen molar-refractivity contribution in [1.29, 1.82) is 0 Å². The van der Waals surface area contributed by atoms with Crippen LogP contribution in [0, 0.1) is 0 Å². The van der Waals surface area contributed by atoms with Gasteiger partial charge in [0.25, 0.3) is 11.8 Å². The molecule has 1 N–H and O–H groups in total. The van der Waals surface area contributed by atoms with E-state index in [-0.39, 0.29) is 26.5 Å². The first kappa shape index (κ1) is 21.2. The van der Waals surface area contributed by atoms with E-state index in [1.165, 1.54) is 6.07 Å². The van der Waals surface area contributed by atoms with Gasteiger partial charge in [0.05, 0.1) is 27.9 Å². The number of nitrogens with one attached hydrogen (secondary N) is 1. The van der Waals surface area contributed by atoms with Gasteiger partial charge >= 0.3 is 5.97 Å². The van der Waals surface area contributed by atoms with Crippen LogP contribution >= 0.6 is 34.8 Å². The SMILES string of the molecule is CCCOC(=O)c1ccc(NC2=C(Cl)C(=O)N(c3cccc(Cl)c3Cl)C2=O)cc1. The average molecular weight is 454 g/mol. The second kappa shape index (κ2) is 8.86. The molecule has 1 heterocycles. The quantitative estimate of drug-likeness (QED) is 0.492. The molecule has 2 amide bonds. The fourth-order valence-corrected chi connectivity index (χ4v) is 3.20. The van der Waals surface area contributed by atoms with Gasteiger partial charge < -0.3 is 10.1 Å². The number of halogens is 3. The van der Waals surface area contributed by atoms with Gasteiger partial charge in [-0.05, 0) is 42.8 Å². The normalized spacial score (nSPS) is 13.9. The first-order valence-electron chi connectivity index (χ1n) is 8.62. The Labute approximate surface area is 182 Å². The number of imide groups is 1. The summed E-state index contributed by atoms with van der Waals surface area (Å²) in [5.41, 5.74) is 0.864. The number of benzene rings is 2. The Hall–Kier alpha value is -2.54. The molecule has 0 fully saturated rings. The molecule has 0 saturated carbocycles. The highest BCUT2D eigenvalue weighted by Gasteiger charge is 2.40. The van der Waals surface area contributed by atoms with Gasteiger partial charge in [-0.2, -0.15) is 0 Å². The summed E-state index contributed by atoms with van der Waals surface area (Å²) in [7, 11) is 0. The highest BCUT2D eigenvalue weighted by molar-refractivity contribution is 6.54. The van der Waals surface area contributed by atoms with Crippen LogP contribution in [0.1, 0.15) is 23.7 Å². The second-order valence-corrected chi connectivity index (χ2v) is 7.21. The van der Waals surface area contributed by atoms with Crippen LogP contribution in [0.5, 0.6) is 0 Å². The van der Waals surface area contributed by atoms with E-state index in [9.17, 15) is 14.4 Å². The number of hydrogen-bond donors (Lipinski definition) is 1. The maximum atomic E-state index is 12.8. The summed E-state index contributed by atoms with van der Waals surface area (Å²) in [4.78, 5) is 38.1. The summed E-state index contributed by atoms with van der Waals surface area (Å²) in [6.07, 6.45) is 0.724. The van der Waals surface area contributed by atoms with Gasteiger partial charge in [0, 0.05) is 5.69 Å². The van der Waals surface area contributed by atoms with E-state index in [2.05, 4.69) is 5.32 Å². The van der Waals surface area contributed by atoms with Crippen molar-refractivity contribution in [1.82, 2.24) is 0 Å². The van der Waals surface area contributed by atoms with Crippen LogP contribution in [0.3, 0.4) is 0 Å². The molecule has 0 unspecified atom stereocenters. The molecule has 2 aromatic rings. The molecule has 0 atom stereocenters. The fourth-order valence-electron chi connectivity index (χ4n) is 2.61. The Morgan fingerprint density at radius 1 is 1.03 bits per heavy atom. The number of anilines is 2. The van der Waals surface area contributed by atoms with Crippen molar-refractivity contribution in [2.45, 2.75) is 13.3 Å². The number of hydrogen-bond acceptors (Lipinski definition) is 5. The molecule has 2 aromatic carbocycles. The van der Waals surface area contributed by atoms with Crippen LogP contribution in [-0.2, 0) is 14.3 Å². The summed E-state index contributed by atoms with van der Waals surface area (Å²) in [5.74, 6) is -1.83. The van der Waals surface area contributed by atoms with Crippen molar-refractivity contribution in [3.05, 3.63) is 68.8 Å². The Morgan fingerprint density at radius 3 is 2.38 bits per heavy atom. The van der Waals surface area contributed by atoms with E-state index in [0.717, 1.165) is 11.3 Å².